The average molecular weight is 293 g/mol. The van der Waals surface area contributed by atoms with Gasteiger partial charge in [0, 0.05) is 6.08 Å². The van der Waals surface area contributed by atoms with Crippen LogP contribution in [0.15, 0.2) is 36.7 Å². The van der Waals surface area contributed by atoms with Gasteiger partial charge in [0.2, 0.25) is 6.20 Å². The van der Waals surface area contributed by atoms with Crippen LogP contribution in [-0.4, -0.2) is 14.8 Å². The molecule has 0 aliphatic carbocycles. The standard InChI is InChI=1S/C11H7N3O5S/c15-13(16)6-5-8-1-3-9(4-2-8)19-11-12-7-10(20-11)14(17)18/h1-7H/b6-5+. The third kappa shape index (κ3) is 3.59. The van der Waals surface area contributed by atoms with Gasteiger partial charge in [0.05, 0.1) is 9.85 Å². The SMILES string of the molecule is O=[N+]([O-])/C=C/c1ccc(Oc2ncc([N+](=O)[O-])s2)cc1. The Bertz CT molecular complexity index is 665. The van der Waals surface area contributed by atoms with E-state index in [1.54, 1.807) is 24.3 Å². The molecule has 0 unspecified atom stereocenters. The molecule has 1 heterocycles. The van der Waals surface area contributed by atoms with Gasteiger partial charge in [0.25, 0.3) is 5.19 Å². The van der Waals surface area contributed by atoms with Crippen LogP contribution in [0.4, 0.5) is 5.00 Å². The molecule has 0 N–H and O–H groups in total. The molecule has 0 spiro atoms. The van der Waals surface area contributed by atoms with Gasteiger partial charge in [-0.15, -0.1) is 0 Å². The van der Waals surface area contributed by atoms with Crippen LogP contribution in [-0.2, 0) is 0 Å². The Hall–Kier alpha value is -2.81. The highest BCUT2D eigenvalue weighted by Gasteiger charge is 2.12. The quantitative estimate of drug-likeness (QED) is 0.619. The van der Waals surface area contributed by atoms with Crippen LogP contribution in [0.5, 0.6) is 10.9 Å². The van der Waals surface area contributed by atoms with E-state index in [-0.39, 0.29) is 10.2 Å². The molecule has 0 fully saturated rings. The molecule has 2 aromatic rings. The molecular formula is C11H7N3O5S. The number of ether oxygens (including phenoxy) is 1. The zero-order chi connectivity index (χ0) is 14.5. The lowest BCUT2D eigenvalue weighted by Crippen LogP contribution is -1.84. The summed E-state index contributed by atoms with van der Waals surface area (Å²) in [5, 5.41) is 20.7. The van der Waals surface area contributed by atoms with Gasteiger partial charge in [0.15, 0.2) is 0 Å². The summed E-state index contributed by atoms with van der Waals surface area (Å²) in [6.45, 7) is 0. The first-order valence-corrected chi connectivity index (χ1v) is 6.06. The lowest BCUT2D eigenvalue weighted by Gasteiger charge is -2.00. The highest BCUT2D eigenvalue weighted by atomic mass is 32.1. The predicted octanol–water partition coefficient (Wildman–Crippen LogP) is 3.09. The summed E-state index contributed by atoms with van der Waals surface area (Å²) in [6.07, 6.45) is 3.30. The first kappa shape index (κ1) is 13.6. The van der Waals surface area contributed by atoms with Crippen molar-refractivity contribution in [1.29, 1.82) is 0 Å². The smallest absolute Gasteiger partial charge is 0.347 e. The first-order chi connectivity index (χ1) is 9.54. The molecule has 0 bridgehead atoms. The summed E-state index contributed by atoms with van der Waals surface area (Å²) in [4.78, 5) is 23.3. The maximum atomic E-state index is 10.5. The van der Waals surface area contributed by atoms with Gasteiger partial charge in [0.1, 0.15) is 11.9 Å². The Morgan fingerprint density at radius 3 is 2.45 bits per heavy atom. The van der Waals surface area contributed by atoms with E-state index in [4.69, 9.17) is 4.74 Å². The summed E-state index contributed by atoms with van der Waals surface area (Å²) in [6, 6.07) is 6.43. The van der Waals surface area contributed by atoms with Crippen molar-refractivity contribution in [3.05, 3.63) is 62.5 Å². The molecular weight excluding hydrogens is 286 g/mol. The van der Waals surface area contributed by atoms with Crippen LogP contribution in [0.2, 0.25) is 0 Å². The fourth-order valence-electron chi connectivity index (χ4n) is 1.28. The van der Waals surface area contributed by atoms with Gasteiger partial charge in [-0.3, -0.25) is 20.2 Å². The average Bonchev–Trinajstić information content (AvgIpc) is 2.86. The minimum atomic E-state index is -0.556. The Labute approximate surface area is 116 Å². The summed E-state index contributed by atoms with van der Waals surface area (Å²) >= 11 is 0.818. The van der Waals surface area contributed by atoms with Crippen molar-refractivity contribution in [3.8, 4) is 10.9 Å². The highest BCUT2D eigenvalue weighted by Crippen LogP contribution is 2.30. The summed E-state index contributed by atoms with van der Waals surface area (Å²) in [5.74, 6) is 0.438. The highest BCUT2D eigenvalue weighted by molar-refractivity contribution is 7.16. The van der Waals surface area contributed by atoms with E-state index >= 15 is 0 Å². The molecule has 20 heavy (non-hydrogen) atoms. The third-order valence-electron chi connectivity index (χ3n) is 2.13. The molecule has 0 saturated carbocycles. The van der Waals surface area contributed by atoms with Crippen LogP contribution in [0, 0.1) is 20.2 Å². The second-order valence-corrected chi connectivity index (χ2v) is 4.47. The topological polar surface area (TPSA) is 108 Å². The summed E-state index contributed by atoms with van der Waals surface area (Å²) in [5.41, 5.74) is 0.638. The number of aromatic nitrogens is 1. The van der Waals surface area contributed by atoms with E-state index in [1.165, 1.54) is 6.08 Å². The van der Waals surface area contributed by atoms with Gasteiger partial charge >= 0.3 is 5.00 Å². The van der Waals surface area contributed by atoms with Crippen molar-refractivity contribution in [2.75, 3.05) is 0 Å². The van der Waals surface area contributed by atoms with Crippen molar-refractivity contribution in [2.45, 2.75) is 0 Å². The number of nitrogens with zero attached hydrogens (tertiary/aromatic N) is 3. The van der Waals surface area contributed by atoms with Gasteiger partial charge in [-0.25, -0.2) is 4.98 Å². The number of benzene rings is 1. The number of hydrogen-bond acceptors (Lipinski definition) is 7. The second kappa shape index (κ2) is 5.89. The van der Waals surface area contributed by atoms with Crippen LogP contribution >= 0.6 is 11.3 Å². The van der Waals surface area contributed by atoms with Crippen molar-refractivity contribution in [2.24, 2.45) is 0 Å². The Balaban J connectivity index is 2.06. The van der Waals surface area contributed by atoms with E-state index < -0.39 is 9.85 Å². The summed E-state index contributed by atoms with van der Waals surface area (Å²) < 4.78 is 5.33. The fraction of sp³-hybridized carbons (Fsp3) is 0. The largest absolute Gasteiger partial charge is 0.431 e. The van der Waals surface area contributed by atoms with Gasteiger partial charge in [-0.1, -0.05) is 12.1 Å². The van der Waals surface area contributed by atoms with Gasteiger partial charge < -0.3 is 4.74 Å². The van der Waals surface area contributed by atoms with Gasteiger partial charge in [-0.2, -0.15) is 0 Å². The Morgan fingerprint density at radius 2 is 1.90 bits per heavy atom. The minimum Gasteiger partial charge on any atom is -0.431 e. The molecule has 0 atom stereocenters. The number of nitro groups is 2. The molecule has 2 rings (SSSR count). The van der Waals surface area contributed by atoms with Crippen molar-refractivity contribution >= 4 is 22.4 Å². The molecule has 0 saturated heterocycles. The van der Waals surface area contributed by atoms with Gasteiger partial charge in [-0.05, 0) is 29.0 Å². The molecule has 8 nitrogen and oxygen atoms in total. The van der Waals surface area contributed by atoms with E-state index in [1.807, 2.05) is 0 Å². The van der Waals surface area contributed by atoms with Crippen molar-refractivity contribution in [3.63, 3.8) is 0 Å². The molecule has 0 amide bonds. The first-order valence-electron chi connectivity index (χ1n) is 5.24. The van der Waals surface area contributed by atoms with E-state index in [0.717, 1.165) is 23.7 Å². The number of rotatable bonds is 5. The molecule has 102 valence electrons. The minimum absolute atomic E-state index is 0.106. The van der Waals surface area contributed by atoms with Crippen molar-refractivity contribution in [1.82, 2.24) is 4.98 Å². The molecule has 0 aliphatic rings. The molecule has 1 aromatic heterocycles. The summed E-state index contributed by atoms with van der Waals surface area (Å²) in [7, 11) is 0. The van der Waals surface area contributed by atoms with Crippen LogP contribution in [0.1, 0.15) is 5.56 Å². The zero-order valence-electron chi connectivity index (χ0n) is 9.83. The second-order valence-electron chi connectivity index (χ2n) is 3.49. The maximum absolute atomic E-state index is 10.5. The molecule has 0 aliphatic heterocycles. The lowest BCUT2D eigenvalue weighted by atomic mass is 10.2. The Morgan fingerprint density at radius 1 is 1.20 bits per heavy atom. The fourth-order valence-corrected chi connectivity index (χ4v) is 1.88. The van der Waals surface area contributed by atoms with Crippen molar-refractivity contribution < 1.29 is 14.6 Å². The maximum Gasteiger partial charge on any atom is 0.347 e. The van der Waals surface area contributed by atoms with Crippen LogP contribution in [0.25, 0.3) is 6.08 Å². The monoisotopic (exact) mass is 293 g/mol. The normalized spacial score (nSPS) is 10.6. The van der Waals surface area contributed by atoms with E-state index in [9.17, 15) is 20.2 Å². The number of hydrogen-bond donors (Lipinski definition) is 0. The predicted molar refractivity (Wildman–Crippen MR) is 71.3 cm³/mol. The molecule has 1 aromatic carbocycles. The lowest BCUT2D eigenvalue weighted by molar-refractivity contribution is -0.400. The zero-order valence-corrected chi connectivity index (χ0v) is 10.6. The third-order valence-corrected chi connectivity index (χ3v) is 2.95. The van der Waals surface area contributed by atoms with Crippen LogP contribution < -0.4 is 4.74 Å². The molecule has 0 radical (unpaired) electrons. The Kier molecular flexibility index (Phi) is 4.01. The molecule has 9 heteroatoms. The van der Waals surface area contributed by atoms with E-state index in [2.05, 4.69) is 4.98 Å². The van der Waals surface area contributed by atoms with Crippen LogP contribution in [0.3, 0.4) is 0 Å². The number of thiazole rings is 1. The van der Waals surface area contributed by atoms with E-state index in [0.29, 0.717) is 11.3 Å².